The molecule has 0 aromatic heterocycles. The van der Waals surface area contributed by atoms with E-state index in [0.717, 1.165) is 0 Å². The van der Waals surface area contributed by atoms with E-state index < -0.39 is 10.4 Å². The summed E-state index contributed by atoms with van der Waals surface area (Å²) in [4.78, 5) is 0. The summed E-state index contributed by atoms with van der Waals surface area (Å²) in [7, 11) is 0.289. The topological polar surface area (TPSA) is 66.4 Å². The van der Waals surface area contributed by atoms with Gasteiger partial charge in [-0.2, -0.15) is 0 Å². The van der Waals surface area contributed by atoms with Crippen LogP contribution in [0.3, 0.4) is 0 Å². The molecule has 0 spiro atoms. The van der Waals surface area contributed by atoms with E-state index in [4.69, 9.17) is 0 Å². The van der Waals surface area contributed by atoms with Crippen molar-refractivity contribution < 1.29 is 21.6 Å². The Morgan fingerprint density at radius 3 is 1.06 bits per heavy atom. The average Bonchev–Trinajstić information content (AvgIpc) is 2.77. The Kier molecular flexibility index (Phi) is 27.4. The number of hydrogen-bond donors (Lipinski definition) is 0. The van der Waals surface area contributed by atoms with Crippen LogP contribution < -0.4 is 0 Å². The van der Waals surface area contributed by atoms with E-state index in [-0.39, 0.29) is 6.61 Å². The third-order valence-corrected chi connectivity index (χ3v) is 7.26. The monoisotopic (exact) mass is 507 g/mol. The lowest BCUT2D eigenvalue weighted by Crippen LogP contribution is -2.39. The number of quaternary nitrogens is 1. The maximum atomic E-state index is 9.45. The van der Waals surface area contributed by atoms with E-state index in [9.17, 15) is 13.0 Å². The molecule has 208 valence electrons. The molecule has 0 saturated carbocycles. The molecule has 0 fully saturated rings. The molecule has 6 heteroatoms. The van der Waals surface area contributed by atoms with Crippen LogP contribution in [0.4, 0.5) is 0 Å². The number of hydrogen-bond acceptors (Lipinski definition) is 4. The fourth-order valence-corrected chi connectivity index (χ4v) is 4.39. The van der Waals surface area contributed by atoms with Crippen molar-refractivity contribution in [3.8, 4) is 0 Å². The standard InChI is InChI=1S/C26H56N.C2H6O4S/c1-5-7-8-9-10-11-12-13-14-15-16-17-18-19-20-21-22-23-24-25-26-27(3,4)6-2;1-2-6-7(3,4)5/h5-26H2,1-4H3;2H2,1H3,(H,3,4,5)/q+1;/p-1. The summed E-state index contributed by atoms with van der Waals surface area (Å²) in [6, 6.07) is 0. The lowest BCUT2D eigenvalue weighted by molar-refractivity contribution is -0.888. The van der Waals surface area contributed by atoms with Crippen LogP contribution in [0.15, 0.2) is 0 Å². The second-order valence-corrected chi connectivity index (χ2v) is 11.6. The lowest BCUT2D eigenvalue weighted by Gasteiger charge is -2.28. The van der Waals surface area contributed by atoms with Gasteiger partial charge in [0.25, 0.3) is 0 Å². The van der Waals surface area contributed by atoms with Gasteiger partial charge in [-0.1, -0.05) is 122 Å². The van der Waals surface area contributed by atoms with Gasteiger partial charge in [0.2, 0.25) is 10.4 Å². The summed E-state index contributed by atoms with van der Waals surface area (Å²) >= 11 is 0. The molecule has 0 aromatic rings. The van der Waals surface area contributed by atoms with Crippen LogP contribution in [0.2, 0.25) is 0 Å². The molecule has 0 unspecified atom stereocenters. The highest BCUT2D eigenvalue weighted by Crippen LogP contribution is 2.15. The maximum Gasteiger partial charge on any atom is 0.217 e. The van der Waals surface area contributed by atoms with Gasteiger partial charge >= 0.3 is 0 Å². The van der Waals surface area contributed by atoms with Gasteiger partial charge in [0, 0.05) is 0 Å². The van der Waals surface area contributed by atoms with E-state index in [0.29, 0.717) is 0 Å². The van der Waals surface area contributed by atoms with Gasteiger partial charge in [0.15, 0.2) is 0 Å². The molecule has 0 amide bonds. The van der Waals surface area contributed by atoms with Crippen LogP contribution in [0, 0.1) is 0 Å². The molecule has 0 bridgehead atoms. The zero-order valence-electron chi connectivity index (χ0n) is 23.8. The van der Waals surface area contributed by atoms with E-state index in [2.05, 4.69) is 32.1 Å². The molecule has 0 saturated heterocycles. The zero-order chi connectivity index (χ0) is 26.0. The summed E-state index contributed by atoms with van der Waals surface area (Å²) in [5.74, 6) is 0. The minimum atomic E-state index is -4.42. The van der Waals surface area contributed by atoms with E-state index in [1.54, 1.807) is 0 Å². The summed E-state index contributed by atoms with van der Waals surface area (Å²) in [6.45, 7) is 8.56. The van der Waals surface area contributed by atoms with E-state index in [1.807, 2.05) is 0 Å². The highest BCUT2D eigenvalue weighted by molar-refractivity contribution is 7.80. The Hall–Kier alpha value is -0.170. The lowest BCUT2D eigenvalue weighted by atomic mass is 10.0. The first-order chi connectivity index (χ1) is 16.2. The number of nitrogens with zero attached hydrogens (tertiary/aromatic N) is 1. The second-order valence-electron chi connectivity index (χ2n) is 10.5. The van der Waals surface area contributed by atoms with Gasteiger partial charge in [0.05, 0.1) is 33.8 Å². The van der Waals surface area contributed by atoms with Crippen molar-refractivity contribution in [3.63, 3.8) is 0 Å². The third-order valence-electron chi connectivity index (χ3n) is 6.74. The molecular weight excluding hydrogens is 446 g/mol. The van der Waals surface area contributed by atoms with Crippen LogP contribution in [0.1, 0.15) is 149 Å². The summed E-state index contributed by atoms with van der Waals surface area (Å²) < 4.78 is 33.2. The summed E-state index contributed by atoms with van der Waals surface area (Å²) in [5.41, 5.74) is 0. The molecule has 0 aliphatic heterocycles. The van der Waals surface area contributed by atoms with Crippen molar-refractivity contribution in [2.24, 2.45) is 0 Å². The summed E-state index contributed by atoms with van der Waals surface area (Å²) in [5, 5.41) is 0. The van der Waals surface area contributed by atoms with Crippen molar-refractivity contribution in [2.45, 2.75) is 149 Å². The average molecular weight is 508 g/mol. The van der Waals surface area contributed by atoms with Crippen molar-refractivity contribution in [1.29, 1.82) is 0 Å². The van der Waals surface area contributed by atoms with Gasteiger partial charge in [-0.25, -0.2) is 8.42 Å². The smallest absolute Gasteiger partial charge is 0.217 e. The third kappa shape index (κ3) is 34.0. The van der Waals surface area contributed by atoms with Crippen molar-refractivity contribution >= 4 is 10.4 Å². The minimum absolute atomic E-state index is 0.0914. The minimum Gasteiger partial charge on any atom is -0.726 e. The Labute approximate surface area is 215 Å². The Morgan fingerprint density at radius 1 is 0.559 bits per heavy atom. The highest BCUT2D eigenvalue weighted by Gasteiger charge is 2.09. The van der Waals surface area contributed by atoms with Crippen LogP contribution >= 0.6 is 0 Å². The van der Waals surface area contributed by atoms with Crippen LogP contribution in [-0.4, -0.2) is 51.2 Å². The molecule has 0 heterocycles. The molecule has 0 aliphatic rings. The largest absolute Gasteiger partial charge is 0.726 e. The van der Waals surface area contributed by atoms with E-state index >= 15 is 0 Å². The van der Waals surface area contributed by atoms with Gasteiger partial charge in [-0.05, 0) is 26.7 Å². The van der Waals surface area contributed by atoms with E-state index in [1.165, 1.54) is 153 Å². The molecule has 0 aromatic carbocycles. The van der Waals surface area contributed by atoms with Crippen LogP contribution in [0.25, 0.3) is 0 Å². The predicted molar refractivity (Wildman–Crippen MR) is 147 cm³/mol. The number of rotatable bonds is 24. The van der Waals surface area contributed by atoms with Gasteiger partial charge in [0.1, 0.15) is 0 Å². The molecule has 34 heavy (non-hydrogen) atoms. The second kappa shape index (κ2) is 25.9. The molecular formula is C28H61NO4S. The van der Waals surface area contributed by atoms with Gasteiger partial charge < -0.3 is 9.04 Å². The van der Waals surface area contributed by atoms with Gasteiger partial charge in [-0.3, -0.25) is 4.18 Å². The summed E-state index contributed by atoms with van der Waals surface area (Å²) in [6.07, 6.45) is 29.4. The number of unbranched alkanes of at least 4 members (excludes halogenated alkanes) is 19. The van der Waals surface area contributed by atoms with Crippen molar-refractivity contribution in [3.05, 3.63) is 0 Å². The van der Waals surface area contributed by atoms with Crippen LogP contribution in [0.5, 0.6) is 0 Å². The highest BCUT2D eigenvalue weighted by atomic mass is 32.3. The zero-order valence-corrected chi connectivity index (χ0v) is 24.6. The normalized spacial score (nSPS) is 11.9. The fraction of sp³-hybridized carbons (Fsp3) is 1.00. The first-order valence-electron chi connectivity index (χ1n) is 14.6. The molecule has 0 atom stereocenters. The first kappa shape index (κ1) is 36.0. The molecule has 0 rings (SSSR count). The van der Waals surface area contributed by atoms with Crippen LogP contribution in [-0.2, 0) is 14.6 Å². The van der Waals surface area contributed by atoms with Crippen molar-refractivity contribution in [2.75, 3.05) is 33.8 Å². The van der Waals surface area contributed by atoms with Gasteiger partial charge in [-0.15, -0.1) is 0 Å². The maximum absolute atomic E-state index is 9.45. The fourth-order valence-electron chi connectivity index (χ4n) is 4.10. The predicted octanol–water partition coefficient (Wildman–Crippen LogP) is 8.39. The molecule has 0 aliphatic carbocycles. The molecule has 0 radical (unpaired) electrons. The first-order valence-corrected chi connectivity index (χ1v) is 15.9. The Bertz CT molecular complexity index is 495. The quantitative estimate of drug-likeness (QED) is 0.0569. The Morgan fingerprint density at radius 2 is 0.853 bits per heavy atom. The Balaban J connectivity index is 0. The molecule has 0 N–H and O–H groups in total. The SMILES string of the molecule is CCCCCCCCCCCCCCCCCCCCCC[N+](C)(C)CC.CCOS(=O)(=O)[O-]. The van der Waals surface area contributed by atoms with Crippen molar-refractivity contribution in [1.82, 2.24) is 0 Å². The molecule has 5 nitrogen and oxygen atoms in total.